The maximum Gasteiger partial charge on any atom is 0.184 e. The number of pyridine rings is 1. The summed E-state index contributed by atoms with van der Waals surface area (Å²) in [6.45, 7) is 4.04. The van der Waals surface area contributed by atoms with Crippen molar-refractivity contribution in [1.29, 1.82) is 0 Å². The Morgan fingerprint density at radius 1 is 1.45 bits per heavy atom. The molecule has 0 radical (unpaired) electrons. The summed E-state index contributed by atoms with van der Waals surface area (Å²) < 4.78 is 28.0. The Bertz CT molecular complexity index is 710. The van der Waals surface area contributed by atoms with Crippen molar-refractivity contribution in [1.82, 2.24) is 9.36 Å². The Morgan fingerprint density at radius 2 is 2.20 bits per heavy atom. The quantitative estimate of drug-likeness (QED) is 0.874. The molecule has 0 spiro atoms. The van der Waals surface area contributed by atoms with Crippen LogP contribution in [0.3, 0.4) is 0 Å². The van der Waals surface area contributed by atoms with Gasteiger partial charge in [-0.25, -0.2) is 8.42 Å². The average Bonchev–Trinajstić information content (AvgIpc) is 2.80. The second-order valence-electron chi connectivity index (χ2n) is 4.29. The third kappa shape index (κ3) is 2.91. The summed E-state index contributed by atoms with van der Waals surface area (Å²) in [5, 5.41) is 3.59. The fourth-order valence-electron chi connectivity index (χ4n) is 1.73. The molecule has 0 unspecified atom stereocenters. The lowest BCUT2D eigenvalue weighted by Crippen LogP contribution is -2.09. The van der Waals surface area contributed by atoms with Gasteiger partial charge in [0.15, 0.2) is 15.7 Å². The summed E-state index contributed by atoms with van der Waals surface area (Å²) in [7, 11) is -3.38. The molecule has 0 aliphatic heterocycles. The van der Waals surface area contributed by atoms with Crippen molar-refractivity contribution in [3.8, 4) is 0 Å². The van der Waals surface area contributed by atoms with Gasteiger partial charge in [0.1, 0.15) is 9.90 Å². The number of aryl methyl sites for hydroxylation is 1. The first-order valence-electron chi connectivity index (χ1n) is 6.07. The van der Waals surface area contributed by atoms with Gasteiger partial charge in [-0.1, -0.05) is 6.92 Å². The molecule has 0 atom stereocenters. The minimum Gasteiger partial charge on any atom is -0.382 e. The first-order valence-corrected chi connectivity index (χ1v) is 8.49. The molecule has 0 fully saturated rings. The molecular weight excluding hydrogens is 296 g/mol. The molecule has 2 aromatic rings. The number of aromatic nitrogens is 2. The van der Waals surface area contributed by atoms with E-state index in [4.69, 9.17) is 5.73 Å². The lowest BCUT2D eigenvalue weighted by atomic mass is 10.1. The monoisotopic (exact) mass is 312 g/mol. The molecule has 0 bridgehead atoms. The number of hydrogen-bond donors (Lipinski definition) is 2. The number of nitrogens with two attached hydrogens (primary N) is 1. The van der Waals surface area contributed by atoms with E-state index in [1.165, 1.54) is 0 Å². The molecular formula is C12H16N4O2S2. The van der Waals surface area contributed by atoms with Crippen molar-refractivity contribution in [2.24, 2.45) is 0 Å². The molecule has 2 aromatic heterocycles. The van der Waals surface area contributed by atoms with E-state index in [-0.39, 0.29) is 16.5 Å². The van der Waals surface area contributed by atoms with Crippen molar-refractivity contribution in [3.63, 3.8) is 0 Å². The number of rotatable bonds is 5. The molecule has 0 saturated heterocycles. The van der Waals surface area contributed by atoms with Crippen LogP contribution < -0.4 is 11.1 Å². The SMILES string of the molecule is CCS(=O)(=O)c1c(N)nsc1NCc1ccncc1C. The Kier molecular flexibility index (Phi) is 4.24. The summed E-state index contributed by atoms with van der Waals surface area (Å²) in [6.07, 6.45) is 3.47. The van der Waals surface area contributed by atoms with Crippen LogP contribution in [-0.4, -0.2) is 23.5 Å². The minimum absolute atomic E-state index is 0.00141. The third-order valence-corrected chi connectivity index (χ3v) is 5.68. The maximum atomic E-state index is 12.0. The van der Waals surface area contributed by atoms with Gasteiger partial charge in [0, 0.05) is 18.9 Å². The summed E-state index contributed by atoms with van der Waals surface area (Å²) >= 11 is 1.06. The number of nitrogens with one attached hydrogen (secondary N) is 1. The largest absolute Gasteiger partial charge is 0.382 e. The van der Waals surface area contributed by atoms with Gasteiger partial charge < -0.3 is 11.1 Å². The zero-order chi connectivity index (χ0) is 14.8. The second-order valence-corrected chi connectivity index (χ2v) is 7.27. The van der Waals surface area contributed by atoms with E-state index in [0.29, 0.717) is 11.5 Å². The fraction of sp³-hybridized carbons (Fsp3) is 0.333. The highest BCUT2D eigenvalue weighted by atomic mass is 32.2. The molecule has 0 saturated carbocycles. The lowest BCUT2D eigenvalue weighted by Gasteiger charge is -2.08. The van der Waals surface area contributed by atoms with Crippen LogP contribution in [-0.2, 0) is 16.4 Å². The van der Waals surface area contributed by atoms with Gasteiger partial charge in [-0.3, -0.25) is 4.98 Å². The number of anilines is 2. The molecule has 8 heteroatoms. The Balaban J connectivity index is 2.26. The molecule has 0 aromatic carbocycles. The normalized spacial score (nSPS) is 11.5. The molecule has 3 N–H and O–H groups in total. The van der Waals surface area contributed by atoms with Gasteiger partial charge in [0.05, 0.1) is 5.75 Å². The topological polar surface area (TPSA) is 98.0 Å². The van der Waals surface area contributed by atoms with Crippen LogP contribution in [0.2, 0.25) is 0 Å². The van der Waals surface area contributed by atoms with E-state index in [0.717, 1.165) is 22.7 Å². The van der Waals surface area contributed by atoms with Crippen molar-refractivity contribution in [2.45, 2.75) is 25.3 Å². The molecule has 20 heavy (non-hydrogen) atoms. The number of nitrogen functional groups attached to an aromatic ring is 1. The standard InChI is InChI=1S/C12H16N4O2S2/c1-3-20(17,18)10-11(13)16-19-12(10)15-7-9-4-5-14-6-8(9)2/h4-6,15H,3,7H2,1-2H3,(H2,13,16). The first-order chi connectivity index (χ1) is 9.45. The van der Waals surface area contributed by atoms with E-state index in [2.05, 4.69) is 14.7 Å². The summed E-state index contributed by atoms with van der Waals surface area (Å²) in [4.78, 5) is 4.13. The minimum atomic E-state index is -3.38. The molecule has 0 aliphatic rings. The van der Waals surface area contributed by atoms with Crippen molar-refractivity contribution < 1.29 is 8.42 Å². The zero-order valence-corrected chi connectivity index (χ0v) is 12.9. The van der Waals surface area contributed by atoms with Crippen molar-refractivity contribution in [3.05, 3.63) is 29.6 Å². The van der Waals surface area contributed by atoms with E-state index in [1.54, 1.807) is 19.3 Å². The third-order valence-electron chi connectivity index (χ3n) is 2.94. The molecule has 6 nitrogen and oxygen atoms in total. The zero-order valence-electron chi connectivity index (χ0n) is 11.3. The van der Waals surface area contributed by atoms with Crippen LogP contribution in [0.4, 0.5) is 10.8 Å². The smallest absolute Gasteiger partial charge is 0.184 e. The van der Waals surface area contributed by atoms with Crippen LogP contribution >= 0.6 is 11.5 Å². The summed E-state index contributed by atoms with van der Waals surface area (Å²) in [5.41, 5.74) is 7.76. The van der Waals surface area contributed by atoms with Crippen molar-refractivity contribution in [2.75, 3.05) is 16.8 Å². The Morgan fingerprint density at radius 3 is 2.85 bits per heavy atom. The van der Waals surface area contributed by atoms with Gasteiger partial charge in [-0.15, -0.1) is 0 Å². The fourth-order valence-corrected chi connectivity index (χ4v) is 3.89. The number of nitrogens with zero attached hydrogens (tertiary/aromatic N) is 2. The maximum absolute atomic E-state index is 12.0. The Labute approximate surface area is 122 Å². The molecule has 0 aliphatic carbocycles. The van der Waals surface area contributed by atoms with E-state index >= 15 is 0 Å². The van der Waals surface area contributed by atoms with Crippen LogP contribution in [0, 0.1) is 6.92 Å². The van der Waals surface area contributed by atoms with Gasteiger partial charge in [-0.2, -0.15) is 4.37 Å². The molecule has 0 amide bonds. The predicted octanol–water partition coefficient (Wildman–Crippen LogP) is 1.83. The van der Waals surface area contributed by atoms with Crippen LogP contribution in [0.25, 0.3) is 0 Å². The Hall–Kier alpha value is -1.67. The highest BCUT2D eigenvalue weighted by Crippen LogP contribution is 2.32. The summed E-state index contributed by atoms with van der Waals surface area (Å²) in [5.74, 6) is 0.0595. The second kappa shape index (κ2) is 5.76. The van der Waals surface area contributed by atoms with Gasteiger partial charge >= 0.3 is 0 Å². The molecule has 108 valence electrons. The molecule has 2 heterocycles. The highest BCUT2D eigenvalue weighted by Gasteiger charge is 2.23. The van der Waals surface area contributed by atoms with Crippen molar-refractivity contribution >= 4 is 32.2 Å². The van der Waals surface area contributed by atoms with Crippen LogP contribution in [0.1, 0.15) is 18.1 Å². The van der Waals surface area contributed by atoms with Crippen LogP contribution in [0.15, 0.2) is 23.4 Å². The van der Waals surface area contributed by atoms with E-state index < -0.39 is 9.84 Å². The average molecular weight is 312 g/mol. The summed E-state index contributed by atoms with van der Waals surface area (Å²) in [6, 6.07) is 1.89. The van der Waals surface area contributed by atoms with Gasteiger partial charge in [-0.05, 0) is 35.6 Å². The predicted molar refractivity (Wildman–Crippen MR) is 80.6 cm³/mol. The molecule has 2 rings (SSSR count). The van der Waals surface area contributed by atoms with E-state index in [1.807, 2.05) is 13.0 Å². The number of hydrogen-bond acceptors (Lipinski definition) is 7. The number of sulfone groups is 1. The van der Waals surface area contributed by atoms with Crippen LogP contribution in [0.5, 0.6) is 0 Å². The van der Waals surface area contributed by atoms with E-state index in [9.17, 15) is 8.42 Å². The first kappa shape index (κ1) is 14.7. The highest BCUT2D eigenvalue weighted by molar-refractivity contribution is 7.91. The van der Waals surface area contributed by atoms with Gasteiger partial charge in [0.25, 0.3) is 0 Å². The van der Waals surface area contributed by atoms with Gasteiger partial charge in [0.2, 0.25) is 0 Å². The lowest BCUT2D eigenvalue weighted by molar-refractivity contribution is 0.598.